The minimum absolute atomic E-state index is 0.0881. The highest BCUT2D eigenvalue weighted by molar-refractivity contribution is 5.64. The molecule has 0 fully saturated rings. The molecule has 0 heterocycles. The SMILES string of the molecule is CC(C)CC(C=O)C(C=O)CC(C)C. The summed E-state index contributed by atoms with van der Waals surface area (Å²) in [6.45, 7) is 8.31. The zero-order valence-corrected chi connectivity index (χ0v) is 9.69. The summed E-state index contributed by atoms with van der Waals surface area (Å²) >= 11 is 0. The molecule has 14 heavy (non-hydrogen) atoms. The predicted octanol–water partition coefficient (Wildman–Crippen LogP) is 2.71. The van der Waals surface area contributed by atoms with E-state index in [1.807, 2.05) is 0 Å². The van der Waals surface area contributed by atoms with Crippen molar-refractivity contribution >= 4 is 12.6 Å². The second-order valence-corrected chi connectivity index (χ2v) is 4.86. The van der Waals surface area contributed by atoms with Crippen molar-refractivity contribution in [2.75, 3.05) is 0 Å². The molecule has 2 atom stereocenters. The Kier molecular flexibility index (Phi) is 6.43. The molecule has 0 saturated carbocycles. The lowest BCUT2D eigenvalue weighted by Crippen LogP contribution is -2.21. The first-order valence-corrected chi connectivity index (χ1v) is 5.41. The van der Waals surface area contributed by atoms with Crippen LogP contribution in [0.15, 0.2) is 0 Å². The zero-order chi connectivity index (χ0) is 11.1. The van der Waals surface area contributed by atoms with E-state index in [2.05, 4.69) is 27.7 Å². The number of hydrogen-bond acceptors (Lipinski definition) is 2. The maximum atomic E-state index is 10.9. The maximum Gasteiger partial charge on any atom is 0.123 e. The maximum absolute atomic E-state index is 10.9. The molecule has 0 spiro atoms. The van der Waals surface area contributed by atoms with Gasteiger partial charge in [0.15, 0.2) is 0 Å². The molecule has 0 saturated heterocycles. The van der Waals surface area contributed by atoms with Gasteiger partial charge in [-0.05, 0) is 24.7 Å². The Labute approximate surface area is 87.1 Å². The van der Waals surface area contributed by atoms with Gasteiger partial charge in [-0.1, -0.05) is 27.7 Å². The van der Waals surface area contributed by atoms with E-state index in [1.54, 1.807) is 0 Å². The quantitative estimate of drug-likeness (QED) is 0.589. The number of rotatable bonds is 7. The summed E-state index contributed by atoms with van der Waals surface area (Å²) in [5.41, 5.74) is 0. The third-order valence-corrected chi connectivity index (χ3v) is 2.39. The fourth-order valence-corrected chi connectivity index (χ4v) is 1.75. The predicted molar refractivity (Wildman–Crippen MR) is 58.0 cm³/mol. The van der Waals surface area contributed by atoms with E-state index < -0.39 is 0 Å². The van der Waals surface area contributed by atoms with Gasteiger partial charge in [0, 0.05) is 11.8 Å². The van der Waals surface area contributed by atoms with E-state index in [0.717, 1.165) is 25.4 Å². The average molecular weight is 198 g/mol. The summed E-state index contributed by atoms with van der Waals surface area (Å²) in [5.74, 6) is 0.768. The summed E-state index contributed by atoms with van der Waals surface area (Å²) in [4.78, 5) is 21.7. The molecule has 0 aliphatic rings. The largest absolute Gasteiger partial charge is 0.303 e. The van der Waals surface area contributed by atoms with Crippen LogP contribution in [0.4, 0.5) is 0 Å². The minimum Gasteiger partial charge on any atom is -0.303 e. The Morgan fingerprint density at radius 2 is 1.07 bits per heavy atom. The van der Waals surface area contributed by atoms with E-state index in [4.69, 9.17) is 0 Å². The van der Waals surface area contributed by atoms with Gasteiger partial charge < -0.3 is 9.59 Å². The van der Waals surface area contributed by atoms with Crippen LogP contribution in [0, 0.1) is 23.7 Å². The summed E-state index contributed by atoms with van der Waals surface area (Å²) < 4.78 is 0. The molecule has 0 rings (SSSR count). The molecule has 0 aliphatic heterocycles. The molecular weight excluding hydrogens is 176 g/mol. The van der Waals surface area contributed by atoms with Crippen LogP contribution in [-0.2, 0) is 9.59 Å². The topological polar surface area (TPSA) is 34.1 Å². The van der Waals surface area contributed by atoms with Gasteiger partial charge >= 0.3 is 0 Å². The third kappa shape index (κ3) is 5.15. The van der Waals surface area contributed by atoms with E-state index in [-0.39, 0.29) is 11.8 Å². The fourth-order valence-electron chi connectivity index (χ4n) is 1.75. The van der Waals surface area contributed by atoms with E-state index in [1.165, 1.54) is 0 Å². The van der Waals surface area contributed by atoms with Gasteiger partial charge in [0.05, 0.1) is 0 Å². The van der Waals surface area contributed by atoms with Gasteiger partial charge in [-0.3, -0.25) is 0 Å². The Morgan fingerprint density at radius 3 is 1.21 bits per heavy atom. The van der Waals surface area contributed by atoms with Gasteiger partial charge in [0.2, 0.25) is 0 Å². The van der Waals surface area contributed by atoms with E-state index in [0.29, 0.717) is 11.8 Å². The number of carbonyl (C=O) groups is 2. The van der Waals surface area contributed by atoms with Gasteiger partial charge in [-0.25, -0.2) is 0 Å². The van der Waals surface area contributed by atoms with Crippen molar-refractivity contribution in [3.05, 3.63) is 0 Å². The van der Waals surface area contributed by atoms with Gasteiger partial charge in [-0.2, -0.15) is 0 Å². The second-order valence-electron chi connectivity index (χ2n) is 4.86. The lowest BCUT2D eigenvalue weighted by atomic mass is 9.82. The smallest absolute Gasteiger partial charge is 0.123 e. The third-order valence-electron chi connectivity index (χ3n) is 2.39. The molecule has 2 nitrogen and oxygen atoms in total. The second kappa shape index (κ2) is 6.74. The first-order chi connectivity index (χ1) is 6.51. The van der Waals surface area contributed by atoms with E-state index in [9.17, 15) is 9.59 Å². The molecule has 0 N–H and O–H groups in total. The summed E-state index contributed by atoms with van der Waals surface area (Å²) in [5, 5.41) is 0. The van der Waals surface area contributed by atoms with Gasteiger partial charge in [0.1, 0.15) is 12.6 Å². The van der Waals surface area contributed by atoms with Crippen LogP contribution < -0.4 is 0 Å². The van der Waals surface area contributed by atoms with Crippen LogP contribution in [0.25, 0.3) is 0 Å². The van der Waals surface area contributed by atoms with Crippen LogP contribution in [0.1, 0.15) is 40.5 Å². The number of hydrogen-bond donors (Lipinski definition) is 0. The van der Waals surface area contributed by atoms with Crippen molar-refractivity contribution in [1.82, 2.24) is 0 Å². The first-order valence-electron chi connectivity index (χ1n) is 5.41. The lowest BCUT2D eigenvalue weighted by molar-refractivity contribution is -0.120. The first kappa shape index (κ1) is 13.3. The van der Waals surface area contributed by atoms with Crippen molar-refractivity contribution in [2.24, 2.45) is 23.7 Å². The van der Waals surface area contributed by atoms with Crippen LogP contribution in [-0.4, -0.2) is 12.6 Å². The monoisotopic (exact) mass is 198 g/mol. The molecule has 0 aromatic rings. The van der Waals surface area contributed by atoms with Gasteiger partial charge in [0.25, 0.3) is 0 Å². The summed E-state index contributed by atoms with van der Waals surface area (Å²) in [6, 6.07) is 0. The zero-order valence-electron chi connectivity index (χ0n) is 9.69. The Hall–Kier alpha value is -0.660. The highest BCUT2D eigenvalue weighted by Crippen LogP contribution is 2.23. The molecule has 0 aromatic heterocycles. The molecular formula is C12H22O2. The molecule has 0 radical (unpaired) electrons. The van der Waals surface area contributed by atoms with Crippen molar-refractivity contribution in [3.8, 4) is 0 Å². The molecule has 0 amide bonds. The van der Waals surface area contributed by atoms with Crippen LogP contribution >= 0.6 is 0 Å². The molecule has 0 bridgehead atoms. The van der Waals surface area contributed by atoms with Crippen molar-refractivity contribution in [1.29, 1.82) is 0 Å². The average Bonchev–Trinajstić information content (AvgIpc) is 2.10. The Morgan fingerprint density at radius 1 is 0.786 bits per heavy atom. The van der Waals surface area contributed by atoms with Crippen molar-refractivity contribution < 1.29 is 9.59 Å². The normalized spacial score (nSPS) is 15.6. The fraction of sp³-hybridized carbons (Fsp3) is 0.833. The molecule has 0 aromatic carbocycles. The Bertz CT molecular complexity index is 153. The summed E-state index contributed by atoms with van der Waals surface area (Å²) in [6.07, 6.45) is 3.53. The highest BCUT2D eigenvalue weighted by Gasteiger charge is 2.22. The highest BCUT2D eigenvalue weighted by atomic mass is 16.1. The van der Waals surface area contributed by atoms with E-state index >= 15 is 0 Å². The van der Waals surface area contributed by atoms with Crippen molar-refractivity contribution in [2.45, 2.75) is 40.5 Å². The van der Waals surface area contributed by atoms with Gasteiger partial charge in [-0.15, -0.1) is 0 Å². The standard InChI is InChI=1S/C12H22O2/c1-9(2)5-11(7-13)12(8-14)6-10(3)4/h7-12H,5-6H2,1-4H3. The van der Waals surface area contributed by atoms with Crippen LogP contribution in [0.3, 0.4) is 0 Å². The van der Waals surface area contributed by atoms with Crippen molar-refractivity contribution in [3.63, 3.8) is 0 Å². The Balaban J connectivity index is 4.28. The minimum atomic E-state index is -0.0881. The lowest BCUT2D eigenvalue weighted by Gasteiger charge is -2.20. The van der Waals surface area contributed by atoms with Crippen LogP contribution in [0.5, 0.6) is 0 Å². The number of carbonyl (C=O) groups excluding carboxylic acids is 2. The van der Waals surface area contributed by atoms with Crippen LogP contribution in [0.2, 0.25) is 0 Å². The molecule has 0 aliphatic carbocycles. The molecule has 82 valence electrons. The molecule has 2 heteroatoms. The molecule has 2 unspecified atom stereocenters. The number of aldehydes is 2. The summed E-state index contributed by atoms with van der Waals surface area (Å²) in [7, 11) is 0.